The minimum Gasteiger partial charge on any atom is -0.455 e. The van der Waals surface area contributed by atoms with Crippen LogP contribution in [0.25, 0.3) is 5.57 Å². The molecule has 4 rings (SSSR count). The van der Waals surface area contributed by atoms with Crippen molar-refractivity contribution in [3.63, 3.8) is 0 Å². The Morgan fingerprint density at radius 1 is 1.00 bits per heavy atom. The number of aliphatic hydroxyl groups excluding tert-OH is 1. The van der Waals surface area contributed by atoms with E-state index in [4.69, 9.17) is 9.84 Å². The van der Waals surface area contributed by atoms with Crippen molar-refractivity contribution < 1.29 is 27.4 Å². The molecule has 1 aromatic carbocycles. The van der Waals surface area contributed by atoms with Gasteiger partial charge < -0.3 is 14.7 Å². The maximum absolute atomic E-state index is 13.7. The zero-order valence-electron chi connectivity index (χ0n) is 17.7. The third-order valence-electron chi connectivity index (χ3n) is 5.65. The summed E-state index contributed by atoms with van der Waals surface area (Å²) >= 11 is 0.675. The minimum atomic E-state index is -4.43. The zero-order valence-corrected chi connectivity index (χ0v) is 20.2. The fourth-order valence-corrected chi connectivity index (χ4v) is 5.06. The Bertz CT molecular complexity index is 929. The van der Waals surface area contributed by atoms with Crippen LogP contribution in [0.5, 0.6) is 5.75 Å². The van der Waals surface area contributed by atoms with Gasteiger partial charge in [0.2, 0.25) is 0 Å². The van der Waals surface area contributed by atoms with Gasteiger partial charge in [-0.05, 0) is 49.2 Å². The van der Waals surface area contributed by atoms with E-state index in [0.717, 1.165) is 50.8 Å². The molecule has 0 bridgehead atoms. The molecule has 33 heavy (non-hydrogen) atoms. The number of thioether (sulfide) groups is 1. The number of rotatable bonds is 6. The average molecular weight is 529 g/mol. The molecule has 11 heteroatoms. The highest BCUT2D eigenvalue weighted by molar-refractivity contribution is 8.07. The van der Waals surface area contributed by atoms with Crippen LogP contribution in [0.2, 0.25) is 0 Å². The van der Waals surface area contributed by atoms with Gasteiger partial charge in [-0.2, -0.15) is 13.2 Å². The number of ether oxygens (including phenoxy) is 1. The highest BCUT2D eigenvalue weighted by atomic mass is 35.5. The first kappa shape index (κ1) is 28.0. The SMILES string of the molecule is Cl.Cl.OCCN1CCN(CCCC2=C3SC(C(F)(F)F)=CC=C3Oc3cc(F)ccc32)CC1. The van der Waals surface area contributed by atoms with E-state index in [-0.39, 0.29) is 31.4 Å². The van der Waals surface area contributed by atoms with Gasteiger partial charge in [0.1, 0.15) is 17.3 Å². The van der Waals surface area contributed by atoms with Gasteiger partial charge in [0.25, 0.3) is 0 Å². The smallest absolute Gasteiger partial charge is 0.422 e. The number of nitrogens with zero attached hydrogens (tertiary/aromatic N) is 2. The number of fused-ring (bicyclic) bond motifs is 2. The Morgan fingerprint density at radius 2 is 1.67 bits per heavy atom. The van der Waals surface area contributed by atoms with Crippen LogP contribution in [0, 0.1) is 5.82 Å². The summed E-state index contributed by atoms with van der Waals surface area (Å²) in [4.78, 5) is 4.32. The van der Waals surface area contributed by atoms with Crippen molar-refractivity contribution in [2.45, 2.75) is 19.0 Å². The standard InChI is InChI=1S/C22H24F4N2O2S.2ClH/c23-15-3-4-16-17(2-1-7-27-8-10-28(11-9-27)12-13-29)21-18(30-19(16)14-15)5-6-20(31-21)22(24,25)26;;/h3-6,14,29H,1-2,7-13H2;2*1H. The van der Waals surface area contributed by atoms with Gasteiger partial charge in [-0.25, -0.2) is 4.39 Å². The van der Waals surface area contributed by atoms with Gasteiger partial charge >= 0.3 is 6.18 Å². The van der Waals surface area contributed by atoms with E-state index in [2.05, 4.69) is 9.80 Å². The van der Waals surface area contributed by atoms with E-state index in [1.807, 2.05) is 0 Å². The molecule has 1 saturated heterocycles. The Morgan fingerprint density at radius 3 is 2.30 bits per heavy atom. The first-order chi connectivity index (χ1) is 14.8. The van der Waals surface area contributed by atoms with Crippen molar-refractivity contribution in [1.29, 1.82) is 0 Å². The Balaban J connectivity index is 0.00000193. The highest BCUT2D eigenvalue weighted by Gasteiger charge is 2.39. The molecule has 0 atom stereocenters. The van der Waals surface area contributed by atoms with Gasteiger partial charge in [-0.1, -0.05) is 11.8 Å². The molecule has 0 unspecified atom stereocenters. The Hall–Kier alpha value is -1.23. The molecule has 3 heterocycles. The molecule has 0 radical (unpaired) electrons. The molecule has 184 valence electrons. The number of hydrogen-bond acceptors (Lipinski definition) is 5. The molecule has 3 aliphatic rings. The lowest BCUT2D eigenvalue weighted by molar-refractivity contribution is -0.0836. The van der Waals surface area contributed by atoms with E-state index in [0.29, 0.717) is 46.7 Å². The normalized spacial score (nSPS) is 18.8. The second-order valence-electron chi connectivity index (χ2n) is 7.72. The quantitative estimate of drug-likeness (QED) is 0.511. The van der Waals surface area contributed by atoms with Crippen molar-refractivity contribution in [3.8, 4) is 5.75 Å². The summed E-state index contributed by atoms with van der Waals surface area (Å²) in [7, 11) is 0. The second-order valence-corrected chi connectivity index (χ2v) is 8.77. The summed E-state index contributed by atoms with van der Waals surface area (Å²) in [5, 5.41) is 9.06. The summed E-state index contributed by atoms with van der Waals surface area (Å²) in [5.74, 6) is 0.230. The first-order valence-corrected chi connectivity index (χ1v) is 11.1. The van der Waals surface area contributed by atoms with Crippen molar-refractivity contribution >= 4 is 42.1 Å². The van der Waals surface area contributed by atoms with Gasteiger partial charge in [0.05, 0.1) is 16.4 Å². The molecular weight excluding hydrogens is 503 g/mol. The summed E-state index contributed by atoms with van der Waals surface area (Å²) in [6, 6.07) is 4.18. The molecule has 0 amide bonds. The third-order valence-corrected chi connectivity index (χ3v) is 6.89. The van der Waals surface area contributed by atoms with Gasteiger partial charge in [-0.3, -0.25) is 4.90 Å². The number of aliphatic hydroxyl groups is 1. The topological polar surface area (TPSA) is 35.9 Å². The van der Waals surface area contributed by atoms with Gasteiger partial charge in [-0.15, -0.1) is 24.8 Å². The number of allylic oxidation sites excluding steroid dienone is 4. The van der Waals surface area contributed by atoms with Crippen LogP contribution in [0.15, 0.2) is 45.9 Å². The van der Waals surface area contributed by atoms with Gasteiger partial charge in [0, 0.05) is 44.4 Å². The maximum Gasteiger partial charge on any atom is 0.422 e. The van der Waals surface area contributed by atoms with Crippen LogP contribution in [0.4, 0.5) is 17.6 Å². The molecule has 0 aromatic heterocycles. The number of alkyl halides is 3. The van der Waals surface area contributed by atoms with E-state index < -0.39 is 16.9 Å². The monoisotopic (exact) mass is 528 g/mol. The summed E-state index contributed by atoms with van der Waals surface area (Å²) in [6.45, 7) is 5.25. The lowest BCUT2D eigenvalue weighted by Crippen LogP contribution is -2.47. The van der Waals surface area contributed by atoms with Crippen LogP contribution >= 0.6 is 36.6 Å². The second kappa shape index (κ2) is 12.0. The van der Waals surface area contributed by atoms with Crippen molar-refractivity contribution in [1.82, 2.24) is 9.80 Å². The lowest BCUT2D eigenvalue weighted by Gasteiger charge is -2.34. The highest BCUT2D eigenvalue weighted by Crippen LogP contribution is 2.51. The summed E-state index contributed by atoms with van der Waals surface area (Å²) in [6.07, 6.45) is -0.750. The van der Waals surface area contributed by atoms with Gasteiger partial charge in [0.15, 0.2) is 0 Å². The van der Waals surface area contributed by atoms with Crippen LogP contribution in [0.1, 0.15) is 18.4 Å². The van der Waals surface area contributed by atoms with E-state index in [1.54, 1.807) is 6.07 Å². The molecule has 0 aliphatic carbocycles. The third kappa shape index (κ3) is 6.68. The predicted octanol–water partition coefficient (Wildman–Crippen LogP) is 5.24. The van der Waals surface area contributed by atoms with Crippen LogP contribution in [0.3, 0.4) is 0 Å². The summed E-state index contributed by atoms with van der Waals surface area (Å²) in [5.41, 5.74) is 1.42. The van der Waals surface area contributed by atoms with E-state index in [9.17, 15) is 17.6 Å². The number of piperazine rings is 1. The van der Waals surface area contributed by atoms with Crippen molar-refractivity contribution in [2.24, 2.45) is 0 Å². The molecule has 1 N–H and O–H groups in total. The van der Waals surface area contributed by atoms with Crippen LogP contribution < -0.4 is 4.74 Å². The molecule has 4 nitrogen and oxygen atoms in total. The van der Waals surface area contributed by atoms with Crippen molar-refractivity contribution in [2.75, 3.05) is 45.9 Å². The number of hydrogen-bond donors (Lipinski definition) is 1. The Kier molecular flexibility index (Phi) is 10.1. The minimum absolute atomic E-state index is 0. The zero-order chi connectivity index (χ0) is 22.0. The largest absolute Gasteiger partial charge is 0.455 e. The fraction of sp³-hybridized carbons (Fsp3) is 0.455. The molecule has 1 aromatic rings. The lowest BCUT2D eigenvalue weighted by atomic mass is 9.96. The van der Waals surface area contributed by atoms with Crippen LogP contribution in [-0.2, 0) is 0 Å². The fourth-order valence-electron chi connectivity index (χ4n) is 4.04. The molecule has 0 saturated carbocycles. The summed E-state index contributed by atoms with van der Waals surface area (Å²) < 4.78 is 59.4. The first-order valence-electron chi connectivity index (χ1n) is 10.3. The molecule has 3 aliphatic heterocycles. The van der Waals surface area contributed by atoms with E-state index in [1.165, 1.54) is 18.2 Å². The number of β-amino-alcohol motifs (C(OH)–C–C–N with tert-alkyl or cyclic N) is 1. The molecule has 1 fully saturated rings. The average Bonchev–Trinajstić information content (AvgIpc) is 2.73. The number of halogens is 6. The molecular formula is C22H26Cl2F4N2O2S. The predicted molar refractivity (Wildman–Crippen MR) is 127 cm³/mol. The van der Waals surface area contributed by atoms with E-state index >= 15 is 0 Å². The number of benzene rings is 1. The molecule has 0 spiro atoms. The van der Waals surface area contributed by atoms with Crippen LogP contribution in [-0.4, -0.2) is 67.0 Å². The maximum atomic E-state index is 13.7. The van der Waals surface area contributed by atoms with Crippen molar-refractivity contribution in [3.05, 3.63) is 57.3 Å². The Labute approximate surface area is 207 Å².